The van der Waals surface area contributed by atoms with Crippen molar-refractivity contribution in [3.8, 4) is 0 Å². The van der Waals surface area contributed by atoms with Crippen molar-refractivity contribution in [3.63, 3.8) is 0 Å². The predicted octanol–water partition coefficient (Wildman–Crippen LogP) is 1.04. The maximum atomic E-state index is 6.22. The minimum absolute atomic E-state index is 0.417. The Kier molecular flexibility index (Phi) is 3.07. The lowest BCUT2D eigenvalue weighted by Gasteiger charge is -2.29. The number of rotatable bonds is 2. The van der Waals surface area contributed by atoms with Gasteiger partial charge in [-0.15, -0.1) is 0 Å². The third-order valence-electron chi connectivity index (χ3n) is 4.23. The molecule has 92 valence electrons. The van der Waals surface area contributed by atoms with Gasteiger partial charge < -0.3 is 5.73 Å². The fourth-order valence-electron chi connectivity index (χ4n) is 3.38. The lowest BCUT2D eigenvalue weighted by Crippen LogP contribution is -2.38. The molecule has 0 aromatic carbocycles. The molecule has 0 spiro atoms. The van der Waals surface area contributed by atoms with Gasteiger partial charge in [0.05, 0.1) is 5.69 Å². The molecule has 1 aromatic heterocycles. The molecule has 3 atom stereocenters. The molecular weight excluding hydrogens is 212 g/mol. The monoisotopic (exact) mass is 232 g/mol. The first-order valence-corrected chi connectivity index (χ1v) is 6.56. The van der Waals surface area contributed by atoms with Crippen molar-refractivity contribution < 1.29 is 0 Å². The van der Waals surface area contributed by atoms with Crippen LogP contribution in [0.5, 0.6) is 0 Å². The highest BCUT2D eigenvalue weighted by Gasteiger charge is 2.38. The molecule has 1 aliphatic heterocycles. The lowest BCUT2D eigenvalue weighted by atomic mass is 9.78. The third-order valence-corrected chi connectivity index (χ3v) is 4.23. The van der Waals surface area contributed by atoms with Gasteiger partial charge in [-0.2, -0.15) is 0 Å². The molecule has 4 heteroatoms. The van der Waals surface area contributed by atoms with Crippen molar-refractivity contribution in [3.05, 3.63) is 24.3 Å². The molecule has 2 N–H and O–H groups in total. The Morgan fingerprint density at radius 3 is 3.00 bits per heavy atom. The molecular formula is C13H20N4. The summed E-state index contributed by atoms with van der Waals surface area (Å²) in [6.45, 7) is 3.25. The maximum absolute atomic E-state index is 6.22. The van der Waals surface area contributed by atoms with Crippen LogP contribution in [0.4, 0.5) is 0 Å². The number of fused-ring (bicyclic) bond motifs is 1. The largest absolute Gasteiger partial charge is 0.327 e. The standard InChI is InChI=1S/C13H20N4/c14-13-3-1-2-10-7-17(9-12(10)13)8-11-6-15-4-5-16-11/h4-6,10,12-13H,1-3,7-9,14H2. The van der Waals surface area contributed by atoms with E-state index in [1.54, 1.807) is 12.4 Å². The van der Waals surface area contributed by atoms with Crippen LogP contribution in [-0.2, 0) is 6.54 Å². The van der Waals surface area contributed by atoms with Crippen LogP contribution >= 0.6 is 0 Å². The van der Waals surface area contributed by atoms with Crippen LogP contribution in [-0.4, -0.2) is 34.0 Å². The Hall–Kier alpha value is -1.00. The first-order chi connectivity index (χ1) is 8.33. The molecule has 3 rings (SSSR count). The van der Waals surface area contributed by atoms with Crippen LogP contribution in [0, 0.1) is 11.8 Å². The highest BCUT2D eigenvalue weighted by atomic mass is 15.2. The van der Waals surface area contributed by atoms with E-state index in [4.69, 9.17) is 5.73 Å². The highest BCUT2D eigenvalue weighted by Crippen LogP contribution is 2.35. The number of likely N-dealkylation sites (tertiary alicyclic amines) is 1. The SMILES string of the molecule is NC1CCCC2CN(Cc3cnccn3)CC12. The second kappa shape index (κ2) is 4.70. The second-order valence-corrected chi connectivity index (χ2v) is 5.41. The summed E-state index contributed by atoms with van der Waals surface area (Å²) in [6, 6.07) is 0.417. The van der Waals surface area contributed by atoms with Gasteiger partial charge in [0.2, 0.25) is 0 Å². The maximum Gasteiger partial charge on any atom is 0.0726 e. The van der Waals surface area contributed by atoms with E-state index in [1.807, 2.05) is 6.20 Å². The van der Waals surface area contributed by atoms with E-state index in [9.17, 15) is 0 Å². The van der Waals surface area contributed by atoms with Crippen molar-refractivity contribution in [1.29, 1.82) is 0 Å². The molecule has 17 heavy (non-hydrogen) atoms. The van der Waals surface area contributed by atoms with E-state index in [0.29, 0.717) is 12.0 Å². The summed E-state index contributed by atoms with van der Waals surface area (Å²) in [4.78, 5) is 11.0. The van der Waals surface area contributed by atoms with Gasteiger partial charge in [-0.05, 0) is 24.7 Å². The molecule has 0 bridgehead atoms. The van der Waals surface area contributed by atoms with Crippen molar-refractivity contribution in [1.82, 2.24) is 14.9 Å². The summed E-state index contributed by atoms with van der Waals surface area (Å²) in [6.07, 6.45) is 9.23. The first kappa shape index (κ1) is 11.1. The Labute approximate surface area is 102 Å². The zero-order chi connectivity index (χ0) is 11.7. The molecule has 1 aliphatic carbocycles. The summed E-state index contributed by atoms with van der Waals surface area (Å²) in [7, 11) is 0. The number of hydrogen-bond acceptors (Lipinski definition) is 4. The average Bonchev–Trinajstić information content (AvgIpc) is 2.74. The summed E-state index contributed by atoms with van der Waals surface area (Å²) in [5.74, 6) is 1.52. The van der Waals surface area contributed by atoms with Crippen molar-refractivity contribution >= 4 is 0 Å². The molecule has 2 aliphatic rings. The van der Waals surface area contributed by atoms with E-state index in [2.05, 4.69) is 14.9 Å². The first-order valence-electron chi connectivity index (χ1n) is 6.56. The van der Waals surface area contributed by atoms with Gasteiger partial charge in [-0.3, -0.25) is 14.9 Å². The molecule has 1 aromatic rings. The van der Waals surface area contributed by atoms with Gasteiger partial charge in [-0.1, -0.05) is 6.42 Å². The van der Waals surface area contributed by atoms with Crippen LogP contribution in [0.1, 0.15) is 25.0 Å². The molecule has 1 saturated carbocycles. The van der Waals surface area contributed by atoms with Crippen molar-refractivity contribution in [2.45, 2.75) is 31.8 Å². The summed E-state index contributed by atoms with van der Waals surface area (Å²) < 4.78 is 0. The molecule has 2 heterocycles. The van der Waals surface area contributed by atoms with E-state index in [1.165, 1.54) is 25.8 Å². The molecule has 0 amide bonds. The summed E-state index contributed by atoms with van der Waals surface area (Å²) >= 11 is 0. The van der Waals surface area contributed by atoms with Crippen LogP contribution in [0.3, 0.4) is 0 Å². The Balaban J connectivity index is 1.64. The van der Waals surface area contributed by atoms with E-state index >= 15 is 0 Å². The topological polar surface area (TPSA) is 55.0 Å². The second-order valence-electron chi connectivity index (χ2n) is 5.41. The number of nitrogens with zero attached hydrogens (tertiary/aromatic N) is 3. The molecule has 2 fully saturated rings. The molecule has 4 nitrogen and oxygen atoms in total. The minimum Gasteiger partial charge on any atom is -0.327 e. The van der Waals surface area contributed by atoms with Crippen LogP contribution < -0.4 is 5.73 Å². The normalized spacial score (nSPS) is 33.6. The highest BCUT2D eigenvalue weighted by molar-refractivity contribution is 4.98. The Bertz CT molecular complexity index is 367. The number of aromatic nitrogens is 2. The average molecular weight is 232 g/mol. The van der Waals surface area contributed by atoms with Gasteiger partial charge in [0.15, 0.2) is 0 Å². The molecule has 0 radical (unpaired) electrons. The smallest absolute Gasteiger partial charge is 0.0726 e. The van der Waals surface area contributed by atoms with Crippen LogP contribution in [0.2, 0.25) is 0 Å². The summed E-state index contributed by atoms with van der Waals surface area (Å²) in [5, 5.41) is 0. The fraction of sp³-hybridized carbons (Fsp3) is 0.692. The van der Waals surface area contributed by atoms with Gasteiger partial charge in [0, 0.05) is 44.3 Å². The lowest BCUT2D eigenvalue weighted by molar-refractivity contribution is 0.259. The van der Waals surface area contributed by atoms with Crippen molar-refractivity contribution in [2.75, 3.05) is 13.1 Å². The minimum atomic E-state index is 0.417. The quantitative estimate of drug-likeness (QED) is 0.827. The zero-order valence-electron chi connectivity index (χ0n) is 10.1. The van der Waals surface area contributed by atoms with E-state index in [-0.39, 0.29) is 0 Å². The zero-order valence-corrected chi connectivity index (χ0v) is 10.1. The van der Waals surface area contributed by atoms with Gasteiger partial charge in [0.25, 0.3) is 0 Å². The van der Waals surface area contributed by atoms with Gasteiger partial charge in [-0.25, -0.2) is 0 Å². The number of hydrogen-bond donors (Lipinski definition) is 1. The summed E-state index contributed by atoms with van der Waals surface area (Å²) in [5.41, 5.74) is 7.29. The molecule has 1 saturated heterocycles. The molecule has 3 unspecified atom stereocenters. The van der Waals surface area contributed by atoms with Crippen LogP contribution in [0.15, 0.2) is 18.6 Å². The predicted molar refractivity (Wildman–Crippen MR) is 66.1 cm³/mol. The number of nitrogens with two attached hydrogens (primary N) is 1. The van der Waals surface area contributed by atoms with E-state index < -0.39 is 0 Å². The Morgan fingerprint density at radius 1 is 1.29 bits per heavy atom. The Morgan fingerprint density at radius 2 is 2.24 bits per heavy atom. The third kappa shape index (κ3) is 2.33. The van der Waals surface area contributed by atoms with Gasteiger partial charge in [0.1, 0.15) is 0 Å². The van der Waals surface area contributed by atoms with E-state index in [0.717, 1.165) is 24.7 Å². The van der Waals surface area contributed by atoms with Crippen LogP contribution in [0.25, 0.3) is 0 Å². The fourth-order valence-corrected chi connectivity index (χ4v) is 3.38. The van der Waals surface area contributed by atoms with Crippen molar-refractivity contribution in [2.24, 2.45) is 17.6 Å². The van der Waals surface area contributed by atoms with Gasteiger partial charge >= 0.3 is 0 Å².